The summed E-state index contributed by atoms with van der Waals surface area (Å²) in [6.45, 7) is -4.63. The summed E-state index contributed by atoms with van der Waals surface area (Å²) < 4.78 is 42.6. The lowest BCUT2D eigenvalue weighted by atomic mass is 9.80. The van der Waals surface area contributed by atoms with E-state index in [0.717, 1.165) is 17.7 Å². The molecule has 0 fully saturated rings. The summed E-state index contributed by atoms with van der Waals surface area (Å²) in [4.78, 5) is 0. The molecule has 0 saturated carbocycles. The maximum atomic E-state index is 12.4. The molecule has 0 bridgehead atoms. The molecule has 0 amide bonds. The van der Waals surface area contributed by atoms with E-state index in [1.165, 1.54) is 12.1 Å². The quantitative estimate of drug-likeness (QED) is 0.754. The van der Waals surface area contributed by atoms with Crippen molar-refractivity contribution in [3.63, 3.8) is 0 Å². The largest absolute Gasteiger partial charge is 0.509 e. The average Bonchev–Trinajstić information content (AvgIpc) is 2.44. The van der Waals surface area contributed by atoms with Gasteiger partial charge in [0.2, 0.25) is 0 Å². The highest BCUT2D eigenvalue weighted by atomic mass is 19.4. The molecule has 2 aromatic rings. The van der Waals surface area contributed by atoms with Crippen LogP contribution in [0.4, 0.5) is 12.9 Å². The molecule has 5 heteroatoms. The van der Waals surface area contributed by atoms with Gasteiger partial charge < -0.3 is 17.7 Å². The first-order valence-electron chi connectivity index (χ1n) is 6.20. The zero-order valence-electron chi connectivity index (χ0n) is 10.7. The molecular weight excluding hydrogens is 264 g/mol. The van der Waals surface area contributed by atoms with E-state index in [2.05, 4.69) is 0 Å². The monoisotopic (exact) mass is 277 g/mol. The van der Waals surface area contributed by atoms with Crippen LogP contribution in [0.25, 0.3) is 6.08 Å². The fraction of sp³-hybridized carbons (Fsp3) is 0.0667. The summed E-state index contributed by atoms with van der Waals surface area (Å²) in [6.07, 6.45) is 3.71. The summed E-state index contributed by atoms with van der Waals surface area (Å²) in [6, 6.07) is 14.4. The zero-order chi connectivity index (χ0) is 14.4. The smallest absolute Gasteiger partial charge is 0.490 e. The Morgan fingerprint density at radius 2 is 1.55 bits per heavy atom. The number of hydrogen-bond acceptors (Lipinski definition) is 1. The van der Waals surface area contributed by atoms with E-state index in [-0.39, 0.29) is 0 Å². The Balaban J connectivity index is 1.87. The van der Waals surface area contributed by atoms with Crippen LogP contribution in [0.3, 0.4) is 0 Å². The fourth-order valence-electron chi connectivity index (χ4n) is 1.67. The summed E-state index contributed by atoms with van der Waals surface area (Å²) in [5.41, 5.74) is 0.434. The van der Waals surface area contributed by atoms with Gasteiger partial charge >= 0.3 is 6.98 Å². The SMILES string of the molecule is F[B-](F)(F)c1ccc(OCC=Cc2ccccc2)cc1. The average molecular weight is 277 g/mol. The number of ether oxygens (including phenoxy) is 1. The van der Waals surface area contributed by atoms with Crippen LogP contribution in [0.1, 0.15) is 5.56 Å². The van der Waals surface area contributed by atoms with Crippen molar-refractivity contribution in [2.75, 3.05) is 6.61 Å². The second kappa shape index (κ2) is 6.32. The van der Waals surface area contributed by atoms with Gasteiger partial charge in [-0.25, -0.2) is 0 Å². The maximum absolute atomic E-state index is 12.4. The van der Waals surface area contributed by atoms with Gasteiger partial charge in [0, 0.05) is 0 Å². The predicted molar refractivity (Wildman–Crippen MR) is 76.1 cm³/mol. The van der Waals surface area contributed by atoms with Gasteiger partial charge in [-0.3, -0.25) is 0 Å². The fourth-order valence-corrected chi connectivity index (χ4v) is 1.67. The maximum Gasteiger partial charge on any atom is 0.509 e. The standard InChI is InChI=1S/C15H13BF3O/c17-16(18,19)14-8-10-15(11-9-14)20-12-4-7-13-5-2-1-3-6-13/h1-11H,12H2/q-1. The van der Waals surface area contributed by atoms with Gasteiger partial charge in [-0.05, 0) is 23.8 Å². The molecule has 0 unspecified atom stereocenters. The van der Waals surface area contributed by atoms with Gasteiger partial charge in [0.1, 0.15) is 12.4 Å². The second-order valence-electron chi connectivity index (χ2n) is 4.27. The van der Waals surface area contributed by atoms with E-state index in [0.29, 0.717) is 12.4 Å². The minimum Gasteiger partial charge on any atom is -0.490 e. The lowest BCUT2D eigenvalue weighted by molar-refractivity contribution is 0.363. The molecule has 0 atom stereocenters. The Bertz CT molecular complexity index is 562. The summed E-state index contributed by atoms with van der Waals surface area (Å²) in [5, 5.41) is 0. The van der Waals surface area contributed by atoms with Crippen LogP contribution < -0.4 is 10.2 Å². The molecule has 2 aromatic carbocycles. The molecule has 0 aliphatic heterocycles. The van der Waals surface area contributed by atoms with Crippen molar-refractivity contribution in [2.45, 2.75) is 0 Å². The van der Waals surface area contributed by atoms with Crippen LogP contribution in [-0.2, 0) is 0 Å². The van der Waals surface area contributed by atoms with E-state index in [4.69, 9.17) is 4.74 Å². The van der Waals surface area contributed by atoms with Gasteiger partial charge in [-0.15, -0.1) is 5.46 Å². The minimum atomic E-state index is -4.94. The molecule has 20 heavy (non-hydrogen) atoms. The van der Waals surface area contributed by atoms with Crippen LogP contribution in [0.15, 0.2) is 60.7 Å². The highest BCUT2D eigenvalue weighted by molar-refractivity contribution is 6.73. The van der Waals surface area contributed by atoms with Crippen LogP contribution >= 0.6 is 0 Å². The first kappa shape index (κ1) is 14.2. The van der Waals surface area contributed by atoms with Crippen molar-refractivity contribution in [3.8, 4) is 5.75 Å². The molecule has 0 aliphatic carbocycles. The van der Waals surface area contributed by atoms with Gasteiger partial charge in [-0.1, -0.05) is 48.5 Å². The Morgan fingerprint density at radius 1 is 0.900 bits per heavy atom. The second-order valence-corrected chi connectivity index (χ2v) is 4.27. The van der Waals surface area contributed by atoms with Crippen molar-refractivity contribution in [1.82, 2.24) is 0 Å². The number of halogens is 3. The molecule has 0 saturated heterocycles. The summed E-state index contributed by atoms with van der Waals surface area (Å²) >= 11 is 0. The van der Waals surface area contributed by atoms with Gasteiger partial charge in [0.25, 0.3) is 0 Å². The van der Waals surface area contributed by atoms with Crippen molar-refractivity contribution >= 4 is 18.5 Å². The van der Waals surface area contributed by atoms with Crippen molar-refractivity contribution in [1.29, 1.82) is 0 Å². The van der Waals surface area contributed by atoms with Gasteiger partial charge in [-0.2, -0.15) is 0 Å². The van der Waals surface area contributed by atoms with Crippen LogP contribution in [0, 0.1) is 0 Å². The molecule has 0 spiro atoms. The van der Waals surface area contributed by atoms with E-state index in [1.807, 2.05) is 42.5 Å². The van der Waals surface area contributed by atoms with E-state index in [1.54, 1.807) is 0 Å². The summed E-state index contributed by atoms with van der Waals surface area (Å²) in [7, 11) is 0. The highest BCUT2D eigenvalue weighted by Gasteiger charge is 2.24. The van der Waals surface area contributed by atoms with E-state index >= 15 is 0 Å². The number of rotatable bonds is 5. The number of hydrogen-bond donors (Lipinski definition) is 0. The van der Waals surface area contributed by atoms with Crippen LogP contribution in [-0.4, -0.2) is 13.6 Å². The molecule has 0 aliphatic rings. The molecular formula is C15H13BF3O-. The Hall–Kier alpha value is -2.17. The molecule has 0 heterocycles. The van der Waals surface area contributed by atoms with Crippen molar-refractivity contribution in [2.24, 2.45) is 0 Å². The molecule has 104 valence electrons. The summed E-state index contributed by atoms with van der Waals surface area (Å²) in [5.74, 6) is 0.423. The Morgan fingerprint density at radius 3 is 2.15 bits per heavy atom. The third kappa shape index (κ3) is 4.19. The molecule has 0 aromatic heterocycles. The lowest BCUT2D eigenvalue weighted by Crippen LogP contribution is -2.33. The first-order chi connectivity index (χ1) is 9.55. The van der Waals surface area contributed by atoms with E-state index < -0.39 is 12.4 Å². The third-order valence-electron chi connectivity index (χ3n) is 2.71. The Kier molecular flexibility index (Phi) is 4.51. The zero-order valence-corrected chi connectivity index (χ0v) is 10.7. The first-order valence-corrected chi connectivity index (χ1v) is 6.20. The third-order valence-corrected chi connectivity index (χ3v) is 2.71. The van der Waals surface area contributed by atoms with Gasteiger partial charge in [0.15, 0.2) is 0 Å². The van der Waals surface area contributed by atoms with Crippen molar-refractivity contribution in [3.05, 3.63) is 66.2 Å². The molecule has 2 rings (SSSR count). The van der Waals surface area contributed by atoms with Crippen molar-refractivity contribution < 1.29 is 17.7 Å². The highest BCUT2D eigenvalue weighted by Crippen LogP contribution is 2.13. The predicted octanol–water partition coefficient (Wildman–Crippen LogP) is 3.83. The minimum absolute atomic E-state index is 0.311. The number of benzene rings is 2. The van der Waals surface area contributed by atoms with Crippen LogP contribution in [0.5, 0.6) is 5.75 Å². The normalized spacial score (nSPS) is 11.8. The molecule has 1 nitrogen and oxygen atoms in total. The molecule has 0 radical (unpaired) electrons. The van der Waals surface area contributed by atoms with Gasteiger partial charge in [0.05, 0.1) is 0 Å². The van der Waals surface area contributed by atoms with Crippen LogP contribution in [0.2, 0.25) is 0 Å². The lowest BCUT2D eigenvalue weighted by Gasteiger charge is -2.14. The van der Waals surface area contributed by atoms with E-state index in [9.17, 15) is 12.9 Å². The molecule has 0 N–H and O–H groups in total. The topological polar surface area (TPSA) is 9.23 Å². The Labute approximate surface area is 115 Å².